The molecule has 80 valence electrons. The average molecular weight is 203 g/mol. The maximum absolute atomic E-state index is 3.61. The Hall–Kier alpha value is 0.310. The molecule has 0 saturated carbocycles. The second kappa shape index (κ2) is 8.89. The first-order chi connectivity index (χ1) is 6.26. The Morgan fingerprint density at radius 3 is 2.31 bits per heavy atom. The Labute approximate surface area is 88.1 Å². The summed E-state index contributed by atoms with van der Waals surface area (Å²) in [6.45, 7) is 10.3. The lowest BCUT2D eigenvalue weighted by Gasteiger charge is -2.23. The molecule has 0 aromatic carbocycles. The van der Waals surface area contributed by atoms with Crippen molar-refractivity contribution in [3.8, 4) is 0 Å². The zero-order chi connectivity index (χ0) is 10.1. The van der Waals surface area contributed by atoms with E-state index in [0.717, 1.165) is 11.8 Å². The summed E-state index contributed by atoms with van der Waals surface area (Å²) in [5, 5.41) is 4.37. The van der Waals surface area contributed by atoms with Gasteiger partial charge in [0.2, 0.25) is 0 Å². The van der Waals surface area contributed by atoms with E-state index in [2.05, 4.69) is 44.8 Å². The van der Waals surface area contributed by atoms with Crippen molar-refractivity contribution in [1.29, 1.82) is 0 Å². The van der Waals surface area contributed by atoms with Crippen molar-refractivity contribution in [2.75, 3.05) is 12.3 Å². The van der Waals surface area contributed by atoms with Crippen molar-refractivity contribution in [2.24, 2.45) is 0 Å². The maximum atomic E-state index is 3.61. The molecule has 1 nitrogen and oxygen atoms in total. The third-order valence-corrected chi connectivity index (χ3v) is 3.75. The van der Waals surface area contributed by atoms with Gasteiger partial charge in [0.1, 0.15) is 0 Å². The van der Waals surface area contributed by atoms with Gasteiger partial charge in [0.15, 0.2) is 0 Å². The van der Waals surface area contributed by atoms with Crippen molar-refractivity contribution < 1.29 is 0 Å². The molecule has 13 heavy (non-hydrogen) atoms. The van der Waals surface area contributed by atoms with Gasteiger partial charge in [-0.2, -0.15) is 11.8 Å². The van der Waals surface area contributed by atoms with E-state index in [4.69, 9.17) is 0 Å². The molecular formula is C11H25NS. The molecule has 2 atom stereocenters. The van der Waals surface area contributed by atoms with Crippen molar-refractivity contribution in [2.45, 2.75) is 58.2 Å². The van der Waals surface area contributed by atoms with Crippen LogP contribution in [0.15, 0.2) is 0 Å². The van der Waals surface area contributed by atoms with E-state index in [9.17, 15) is 0 Å². The van der Waals surface area contributed by atoms with Gasteiger partial charge in [-0.15, -0.1) is 0 Å². The van der Waals surface area contributed by atoms with Crippen LogP contribution in [-0.2, 0) is 0 Å². The van der Waals surface area contributed by atoms with Crippen LogP contribution < -0.4 is 5.32 Å². The van der Waals surface area contributed by atoms with Gasteiger partial charge < -0.3 is 5.32 Å². The predicted molar refractivity (Wildman–Crippen MR) is 64.6 cm³/mol. The van der Waals surface area contributed by atoms with Gasteiger partial charge in [-0.1, -0.05) is 27.7 Å². The summed E-state index contributed by atoms with van der Waals surface area (Å²) >= 11 is 2.10. The highest BCUT2D eigenvalue weighted by molar-refractivity contribution is 7.99. The molecule has 2 unspecified atom stereocenters. The monoisotopic (exact) mass is 203 g/mol. The molecule has 0 aliphatic heterocycles. The second-order valence-electron chi connectivity index (χ2n) is 3.54. The minimum Gasteiger partial charge on any atom is -0.313 e. The highest BCUT2D eigenvalue weighted by atomic mass is 32.2. The van der Waals surface area contributed by atoms with Crippen LogP contribution in [0.1, 0.15) is 47.0 Å². The summed E-state index contributed by atoms with van der Waals surface area (Å²) < 4.78 is 0. The first-order valence-electron chi connectivity index (χ1n) is 5.61. The second-order valence-corrected chi connectivity index (χ2v) is 5.03. The van der Waals surface area contributed by atoms with Crippen LogP contribution >= 0.6 is 11.8 Å². The highest BCUT2D eigenvalue weighted by Gasteiger charge is 2.13. The third-order valence-electron chi connectivity index (χ3n) is 2.25. The Balaban J connectivity index is 3.63. The van der Waals surface area contributed by atoms with Gasteiger partial charge in [0.05, 0.1) is 0 Å². The van der Waals surface area contributed by atoms with Crippen molar-refractivity contribution in [3.63, 3.8) is 0 Å². The normalized spacial score (nSPS) is 15.7. The smallest absolute Gasteiger partial charge is 0.0181 e. The van der Waals surface area contributed by atoms with E-state index in [1.807, 2.05) is 0 Å². The Morgan fingerprint density at radius 1 is 1.15 bits per heavy atom. The molecule has 0 amide bonds. The van der Waals surface area contributed by atoms with E-state index in [-0.39, 0.29) is 0 Å². The van der Waals surface area contributed by atoms with Crippen LogP contribution in [0.4, 0.5) is 0 Å². The molecule has 0 aromatic heterocycles. The topological polar surface area (TPSA) is 12.0 Å². The number of hydrogen-bond donors (Lipinski definition) is 1. The zero-order valence-corrected chi connectivity index (χ0v) is 10.4. The van der Waals surface area contributed by atoms with Gasteiger partial charge in [-0.3, -0.25) is 0 Å². The first-order valence-corrected chi connectivity index (χ1v) is 6.66. The number of thioether (sulfide) groups is 1. The molecule has 0 heterocycles. The number of hydrogen-bond acceptors (Lipinski definition) is 2. The summed E-state index contributed by atoms with van der Waals surface area (Å²) in [6.07, 6.45) is 3.78. The molecule has 0 rings (SSSR count). The zero-order valence-electron chi connectivity index (χ0n) is 9.60. The summed E-state index contributed by atoms with van der Waals surface area (Å²) in [5.74, 6) is 1.30. The van der Waals surface area contributed by atoms with Crippen LogP contribution in [0.25, 0.3) is 0 Å². The molecule has 0 saturated heterocycles. The minimum atomic E-state index is 0.705. The van der Waals surface area contributed by atoms with Crippen LogP contribution in [0.2, 0.25) is 0 Å². The van der Waals surface area contributed by atoms with Crippen LogP contribution in [0.5, 0.6) is 0 Å². The molecule has 2 heteroatoms. The maximum Gasteiger partial charge on any atom is 0.0181 e. The van der Waals surface area contributed by atoms with Crippen molar-refractivity contribution >= 4 is 11.8 Å². The molecule has 0 aromatic rings. The molecule has 0 aliphatic carbocycles. The minimum absolute atomic E-state index is 0.705. The molecule has 0 spiro atoms. The Kier molecular flexibility index (Phi) is 9.10. The standard InChI is InChI=1S/C11H25NS/c1-5-8-12-11(7-3)10(4)13-9-6-2/h10-12H,5-9H2,1-4H3. The van der Waals surface area contributed by atoms with Crippen LogP contribution in [0.3, 0.4) is 0 Å². The highest BCUT2D eigenvalue weighted by Crippen LogP contribution is 2.17. The number of rotatable bonds is 8. The van der Waals surface area contributed by atoms with Crippen molar-refractivity contribution in [3.05, 3.63) is 0 Å². The van der Waals surface area contributed by atoms with E-state index < -0.39 is 0 Å². The summed E-state index contributed by atoms with van der Waals surface area (Å²) in [4.78, 5) is 0. The molecule has 0 radical (unpaired) electrons. The van der Waals surface area contributed by atoms with Crippen LogP contribution in [-0.4, -0.2) is 23.6 Å². The molecular weight excluding hydrogens is 178 g/mol. The fraction of sp³-hybridized carbons (Fsp3) is 1.00. The van der Waals surface area contributed by atoms with Gasteiger partial charge >= 0.3 is 0 Å². The fourth-order valence-electron chi connectivity index (χ4n) is 1.39. The molecule has 0 aliphatic rings. The van der Waals surface area contributed by atoms with E-state index in [0.29, 0.717) is 6.04 Å². The summed E-state index contributed by atoms with van der Waals surface area (Å²) in [7, 11) is 0. The summed E-state index contributed by atoms with van der Waals surface area (Å²) in [5.41, 5.74) is 0. The van der Waals surface area contributed by atoms with E-state index in [1.165, 1.54) is 25.0 Å². The van der Waals surface area contributed by atoms with E-state index in [1.54, 1.807) is 0 Å². The van der Waals surface area contributed by atoms with Gasteiger partial charge in [-0.05, 0) is 31.6 Å². The number of nitrogens with one attached hydrogen (secondary N) is 1. The largest absolute Gasteiger partial charge is 0.313 e. The molecule has 0 bridgehead atoms. The van der Waals surface area contributed by atoms with Crippen LogP contribution in [0, 0.1) is 0 Å². The van der Waals surface area contributed by atoms with Crippen molar-refractivity contribution in [1.82, 2.24) is 5.32 Å². The quantitative estimate of drug-likeness (QED) is 0.649. The summed E-state index contributed by atoms with van der Waals surface area (Å²) in [6, 6.07) is 0.705. The molecule has 1 N–H and O–H groups in total. The van der Waals surface area contributed by atoms with E-state index >= 15 is 0 Å². The first kappa shape index (κ1) is 13.3. The van der Waals surface area contributed by atoms with Gasteiger partial charge in [-0.25, -0.2) is 0 Å². The Bertz CT molecular complexity index is 106. The lowest BCUT2D eigenvalue weighted by Crippen LogP contribution is -2.36. The third kappa shape index (κ3) is 6.39. The van der Waals surface area contributed by atoms with Gasteiger partial charge in [0, 0.05) is 11.3 Å². The fourth-order valence-corrected chi connectivity index (χ4v) is 2.52. The SMILES string of the molecule is CCCNC(CC)C(C)SCCC. The average Bonchev–Trinajstić information content (AvgIpc) is 2.16. The Morgan fingerprint density at radius 2 is 1.85 bits per heavy atom. The lowest BCUT2D eigenvalue weighted by molar-refractivity contribution is 0.494. The predicted octanol–water partition coefficient (Wildman–Crippen LogP) is 3.30. The lowest BCUT2D eigenvalue weighted by atomic mass is 10.1. The van der Waals surface area contributed by atoms with Gasteiger partial charge in [0.25, 0.3) is 0 Å². The molecule has 0 fully saturated rings.